The predicted octanol–water partition coefficient (Wildman–Crippen LogP) is 2.45. The molecule has 1 aromatic carbocycles. The van der Waals surface area contributed by atoms with E-state index in [-0.39, 0.29) is 5.95 Å². The number of benzene rings is 1. The van der Waals surface area contributed by atoms with E-state index >= 15 is 0 Å². The van der Waals surface area contributed by atoms with Crippen LogP contribution in [0.4, 0.5) is 16.4 Å². The highest BCUT2D eigenvalue weighted by Gasteiger charge is 2.09. The number of methoxy groups -OCH3 is 2. The molecule has 2 N–H and O–H groups in total. The number of para-hydroxylation sites is 1. The normalized spacial score (nSPS) is 9.86. The Morgan fingerprint density at radius 2 is 1.67 bits per heavy atom. The van der Waals surface area contributed by atoms with Crippen molar-refractivity contribution in [1.82, 2.24) is 9.97 Å². The van der Waals surface area contributed by atoms with Crippen LogP contribution in [0.25, 0.3) is 0 Å². The maximum Gasteiger partial charge on any atom is 0.326 e. The van der Waals surface area contributed by atoms with Gasteiger partial charge in [0.15, 0.2) is 0 Å². The monoisotopic (exact) mass is 288 g/mol. The number of aryl methyl sites for hydroxylation is 1. The zero-order valence-electron chi connectivity index (χ0n) is 12.0. The summed E-state index contributed by atoms with van der Waals surface area (Å²) < 4.78 is 10.0. The molecule has 0 fully saturated rings. The van der Waals surface area contributed by atoms with Crippen molar-refractivity contribution in [2.45, 2.75) is 6.92 Å². The molecule has 2 amide bonds. The molecular formula is C14H16N4O3. The second-order valence-corrected chi connectivity index (χ2v) is 4.17. The molecule has 0 saturated carbocycles. The van der Waals surface area contributed by atoms with Crippen LogP contribution in [0, 0.1) is 6.92 Å². The fourth-order valence-corrected chi connectivity index (χ4v) is 1.64. The summed E-state index contributed by atoms with van der Waals surface area (Å²) in [6.45, 7) is 1.90. The predicted molar refractivity (Wildman–Crippen MR) is 79.0 cm³/mol. The first kappa shape index (κ1) is 14.6. The number of aromatic nitrogens is 2. The quantitative estimate of drug-likeness (QED) is 0.902. The van der Waals surface area contributed by atoms with Crippen LogP contribution in [0.5, 0.6) is 11.8 Å². The van der Waals surface area contributed by atoms with Crippen LogP contribution in [-0.2, 0) is 0 Å². The molecule has 0 spiro atoms. The van der Waals surface area contributed by atoms with Crippen molar-refractivity contribution >= 4 is 17.7 Å². The van der Waals surface area contributed by atoms with E-state index in [1.54, 1.807) is 0 Å². The van der Waals surface area contributed by atoms with Gasteiger partial charge in [-0.3, -0.25) is 5.32 Å². The summed E-state index contributed by atoms with van der Waals surface area (Å²) in [5.41, 5.74) is 1.67. The van der Waals surface area contributed by atoms with E-state index in [1.807, 2.05) is 31.2 Å². The molecule has 0 saturated heterocycles. The molecule has 2 aromatic rings. The van der Waals surface area contributed by atoms with E-state index in [1.165, 1.54) is 20.3 Å². The zero-order valence-corrected chi connectivity index (χ0v) is 12.0. The SMILES string of the molecule is COc1cc(OC)nc(NC(=O)Nc2ccccc2C)n1. The number of carbonyl (C=O) groups excluding carboxylic acids is 1. The third-order valence-corrected chi connectivity index (χ3v) is 2.72. The number of rotatable bonds is 4. The lowest BCUT2D eigenvalue weighted by molar-refractivity contribution is 0.262. The van der Waals surface area contributed by atoms with Crippen LogP contribution in [0.3, 0.4) is 0 Å². The van der Waals surface area contributed by atoms with Gasteiger partial charge in [-0.2, -0.15) is 9.97 Å². The van der Waals surface area contributed by atoms with Gasteiger partial charge in [0, 0.05) is 5.69 Å². The highest BCUT2D eigenvalue weighted by molar-refractivity contribution is 5.99. The molecule has 0 aliphatic carbocycles. The van der Waals surface area contributed by atoms with Gasteiger partial charge >= 0.3 is 6.03 Å². The number of hydrogen-bond donors (Lipinski definition) is 2. The molecule has 0 radical (unpaired) electrons. The molecule has 0 aliphatic heterocycles. The van der Waals surface area contributed by atoms with E-state index in [9.17, 15) is 4.79 Å². The van der Waals surface area contributed by atoms with E-state index in [0.29, 0.717) is 17.4 Å². The number of nitrogens with one attached hydrogen (secondary N) is 2. The van der Waals surface area contributed by atoms with Crippen molar-refractivity contribution in [2.24, 2.45) is 0 Å². The van der Waals surface area contributed by atoms with Gasteiger partial charge < -0.3 is 14.8 Å². The molecule has 0 unspecified atom stereocenters. The van der Waals surface area contributed by atoms with Crippen molar-refractivity contribution in [3.05, 3.63) is 35.9 Å². The Kier molecular flexibility index (Phi) is 4.55. The minimum atomic E-state index is -0.445. The van der Waals surface area contributed by atoms with Crippen LogP contribution >= 0.6 is 0 Å². The molecule has 2 rings (SSSR count). The van der Waals surface area contributed by atoms with E-state index in [2.05, 4.69) is 20.6 Å². The van der Waals surface area contributed by atoms with Crippen LogP contribution in [0.2, 0.25) is 0 Å². The second-order valence-electron chi connectivity index (χ2n) is 4.17. The molecule has 7 nitrogen and oxygen atoms in total. The molecular weight excluding hydrogens is 272 g/mol. The summed E-state index contributed by atoms with van der Waals surface area (Å²) in [5.74, 6) is 0.693. The summed E-state index contributed by atoms with van der Waals surface area (Å²) >= 11 is 0. The summed E-state index contributed by atoms with van der Waals surface area (Å²) in [5, 5.41) is 5.26. The third-order valence-electron chi connectivity index (χ3n) is 2.72. The summed E-state index contributed by atoms with van der Waals surface area (Å²) in [7, 11) is 2.94. The van der Waals surface area contributed by atoms with Gasteiger partial charge in [0.25, 0.3) is 0 Å². The molecule has 110 valence electrons. The third kappa shape index (κ3) is 3.82. The van der Waals surface area contributed by atoms with Crippen molar-refractivity contribution in [2.75, 3.05) is 24.9 Å². The summed E-state index contributed by atoms with van der Waals surface area (Å²) in [6.07, 6.45) is 0. The summed E-state index contributed by atoms with van der Waals surface area (Å²) in [6, 6.07) is 8.52. The Morgan fingerprint density at radius 1 is 1.05 bits per heavy atom. The average Bonchev–Trinajstić information content (AvgIpc) is 2.49. The smallest absolute Gasteiger partial charge is 0.326 e. The fraction of sp³-hybridized carbons (Fsp3) is 0.214. The fourth-order valence-electron chi connectivity index (χ4n) is 1.64. The van der Waals surface area contributed by atoms with E-state index in [4.69, 9.17) is 9.47 Å². The van der Waals surface area contributed by atoms with Crippen LogP contribution in [-0.4, -0.2) is 30.2 Å². The average molecular weight is 288 g/mol. The molecule has 7 heteroatoms. The molecule has 0 atom stereocenters. The first-order chi connectivity index (χ1) is 10.1. The van der Waals surface area contributed by atoms with Crippen molar-refractivity contribution in [1.29, 1.82) is 0 Å². The van der Waals surface area contributed by atoms with Gasteiger partial charge in [-0.25, -0.2) is 4.79 Å². The number of amides is 2. The summed E-state index contributed by atoms with van der Waals surface area (Å²) in [4.78, 5) is 20.0. The molecule has 1 heterocycles. The van der Waals surface area contributed by atoms with Gasteiger partial charge in [0.05, 0.1) is 20.3 Å². The Bertz CT molecular complexity index is 624. The zero-order chi connectivity index (χ0) is 15.2. The minimum absolute atomic E-state index is 0.0947. The molecule has 0 aliphatic rings. The van der Waals surface area contributed by atoms with Crippen molar-refractivity contribution in [3.8, 4) is 11.8 Å². The number of ether oxygens (including phenoxy) is 2. The van der Waals surface area contributed by atoms with E-state index < -0.39 is 6.03 Å². The number of hydrogen-bond acceptors (Lipinski definition) is 5. The van der Waals surface area contributed by atoms with Gasteiger partial charge in [0.2, 0.25) is 17.7 Å². The highest BCUT2D eigenvalue weighted by Crippen LogP contribution is 2.18. The van der Waals surface area contributed by atoms with Gasteiger partial charge in [-0.1, -0.05) is 18.2 Å². The molecule has 1 aromatic heterocycles. The maximum absolute atomic E-state index is 11.9. The Hall–Kier alpha value is -2.83. The molecule has 21 heavy (non-hydrogen) atoms. The van der Waals surface area contributed by atoms with Crippen LogP contribution in [0.15, 0.2) is 30.3 Å². The van der Waals surface area contributed by atoms with Gasteiger partial charge in [-0.15, -0.1) is 0 Å². The number of anilines is 2. The maximum atomic E-state index is 11.9. The number of nitrogens with zero attached hydrogens (tertiary/aromatic N) is 2. The Balaban J connectivity index is 2.11. The second kappa shape index (κ2) is 6.56. The van der Waals surface area contributed by atoms with Crippen molar-refractivity contribution in [3.63, 3.8) is 0 Å². The van der Waals surface area contributed by atoms with Crippen molar-refractivity contribution < 1.29 is 14.3 Å². The lowest BCUT2D eigenvalue weighted by atomic mass is 10.2. The van der Waals surface area contributed by atoms with Gasteiger partial charge in [-0.05, 0) is 18.6 Å². The van der Waals surface area contributed by atoms with Gasteiger partial charge in [0.1, 0.15) is 0 Å². The standard InChI is InChI=1S/C14H16N4O3/c1-9-6-4-5-7-10(9)15-14(19)18-13-16-11(20-2)8-12(17-13)21-3/h4-8H,1-3H3,(H2,15,16,17,18,19). The largest absolute Gasteiger partial charge is 0.481 e. The number of urea groups is 1. The first-order valence-electron chi connectivity index (χ1n) is 6.23. The lowest BCUT2D eigenvalue weighted by Crippen LogP contribution is -2.21. The Morgan fingerprint density at radius 3 is 2.24 bits per heavy atom. The topological polar surface area (TPSA) is 85.4 Å². The highest BCUT2D eigenvalue weighted by atomic mass is 16.5. The first-order valence-corrected chi connectivity index (χ1v) is 6.23. The molecule has 0 bridgehead atoms. The van der Waals surface area contributed by atoms with Crippen LogP contribution in [0.1, 0.15) is 5.56 Å². The van der Waals surface area contributed by atoms with Crippen LogP contribution < -0.4 is 20.1 Å². The lowest BCUT2D eigenvalue weighted by Gasteiger charge is -2.10. The minimum Gasteiger partial charge on any atom is -0.481 e. The van der Waals surface area contributed by atoms with E-state index in [0.717, 1.165) is 5.56 Å². The number of carbonyl (C=O) groups is 1. The Labute approximate surface area is 122 Å².